The van der Waals surface area contributed by atoms with Crippen LogP contribution in [0, 0.1) is 6.92 Å². The molecule has 1 aromatic heterocycles. The zero-order valence-electron chi connectivity index (χ0n) is 16.9. The van der Waals surface area contributed by atoms with Gasteiger partial charge in [0, 0.05) is 23.8 Å². The first-order valence-electron chi connectivity index (χ1n) is 8.92. The van der Waals surface area contributed by atoms with Crippen LogP contribution in [0.25, 0.3) is 11.3 Å². The fraction of sp³-hybridized carbons (Fsp3) is 0.150. The molecule has 0 saturated heterocycles. The largest absolute Gasteiger partial charge is 0.382 e. The normalized spacial score (nSPS) is 11.8. The van der Waals surface area contributed by atoms with Gasteiger partial charge in [-0.2, -0.15) is 0 Å². The highest BCUT2D eigenvalue weighted by Crippen LogP contribution is 2.24. The van der Waals surface area contributed by atoms with E-state index in [1.165, 1.54) is 36.4 Å². The molecular weight excluding hydrogens is 440 g/mol. The minimum atomic E-state index is -3.35. The molecule has 0 fully saturated rings. The van der Waals surface area contributed by atoms with Crippen LogP contribution in [-0.2, 0) is 19.7 Å². The highest BCUT2D eigenvalue weighted by molar-refractivity contribution is 7.91. The van der Waals surface area contributed by atoms with E-state index in [1.54, 1.807) is 19.1 Å². The monoisotopic (exact) mass is 460 g/mol. The maximum absolute atomic E-state index is 12.7. The Hall–Kier alpha value is -3.31. The van der Waals surface area contributed by atoms with Gasteiger partial charge in [-0.05, 0) is 43.3 Å². The molecule has 3 aromatic rings. The number of nitrogens with one attached hydrogen (secondary N) is 1. The van der Waals surface area contributed by atoms with Crippen LogP contribution in [0.1, 0.15) is 16.2 Å². The van der Waals surface area contributed by atoms with E-state index in [4.69, 9.17) is 5.73 Å². The summed E-state index contributed by atoms with van der Waals surface area (Å²) in [7, 11) is -6.70. The molecule has 31 heavy (non-hydrogen) atoms. The summed E-state index contributed by atoms with van der Waals surface area (Å²) in [6, 6.07) is 11.7. The van der Waals surface area contributed by atoms with Crippen molar-refractivity contribution in [3.63, 3.8) is 0 Å². The molecule has 1 amide bonds. The van der Waals surface area contributed by atoms with E-state index in [0.29, 0.717) is 22.6 Å². The molecule has 0 atom stereocenters. The lowest BCUT2D eigenvalue weighted by Crippen LogP contribution is -2.18. The van der Waals surface area contributed by atoms with Crippen molar-refractivity contribution in [3.8, 4) is 11.3 Å². The second kappa shape index (κ2) is 8.08. The second-order valence-electron chi connectivity index (χ2n) is 6.94. The Morgan fingerprint density at radius 2 is 1.32 bits per heavy atom. The van der Waals surface area contributed by atoms with Crippen molar-refractivity contribution >= 4 is 37.1 Å². The predicted octanol–water partition coefficient (Wildman–Crippen LogP) is 2.09. The summed E-state index contributed by atoms with van der Waals surface area (Å²) in [4.78, 5) is 21.5. The van der Waals surface area contributed by atoms with E-state index >= 15 is 0 Å². The zero-order chi connectivity index (χ0) is 23.0. The van der Waals surface area contributed by atoms with Crippen molar-refractivity contribution in [3.05, 3.63) is 59.9 Å². The Balaban J connectivity index is 1.92. The first kappa shape index (κ1) is 22.4. The van der Waals surface area contributed by atoms with E-state index < -0.39 is 25.6 Å². The van der Waals surface area contributed by atoms with Crippen molar-refractivity contribution < 1.29 is 21.6 Å². The van der Waals surface area contributed by atoms with Crippen molar-refractivity contribution in [1.82, 2.24) is 9.97 Å². The fourth-order valence-corrected chi connectivity index (χ4v) is 4.07. The number of sulfone groups is 2. The zero-order valence-corrected chi connectivity index (χ0v) is 18.6. The van der Waals surface area contributed by atoms with Gasteiger partial charge in [-0.3, -0.25) is 4.79 Å². The average Bonchev–Trinajstić information content (AvgIpc) is 2.67. The molecule has 0 radical (unpaired) electrons. The number of anilines is 2. The van der Waals surface area contributed by atoms with Crippen molar-refractivity contribution in [2.24, 2.45) is 0 Å². The summed E-state index contributed by atoms with van der Waals surface area (Å²) in [5.41, 5.74) is 7.57. The molecule has 11 heteroatoms. The molecule has 162 valence electrons. The second-order valence-corrected chi connectivity index (χ2v) is 11.0. The van der Waals surface area contributed by atoms with Crippen molar-refractivity contribution in [1.29, 1.82) is 0 Å². The fourth-order valence-electron chi connectivity index (χ4n) is 2.81. The summed E-state index contributed by atoms with van der Waals surface area (Å²) >= 11 is 0. The van der Waals surface area contributed by atoms with Crippen LogP contribution in [0.3, 0.4) is 0 Å². The molecule has 2 aromatic carbocycles. The molecule has 0 spiro atoms. The van der Waals surface area contributed by atoms with Gasteiger partial charge in [0.25, 0.3) is 5.91 Å². The van der Waals surface area contributed by atoms with E-state index in [9.17, 15) is 21.6 Å². The number of amides is 1. The molecular formula is C20H20N4O5S2. The summed E-state index contributed by atoms with van der Waals surface area (Å²) in [6.07, 6.45) is 2.20. The van der Waals surface area contributed by atoms with Gasteiger partial charge in [0.2, 0.25) is 0 Å². The first-order chi connectivity index (χ1) is 14.4. The van der Waals surface area contributed by atoms with Gasteiger partial charge in [-0.1, -0.05) is 12.1 Å². The smallest absolute Gasteiger partial charge is 0.278 e. The van der Waals surface area contributed by atoms with E-state index in [-0.39, 0.29) is 21.3 Å². The molecule has 0 unspecified atom stereocenters. The van der Waals surface area contributed by atoms with Gasteiger partial charge in [0.15, 0.2) is 31.2 Å². The van der Waals surface area contributed by atoms with Gasteiger partial charge >= 0.3 is 0 Å². The quantitative estimate of drug-likeness (QED) is 0.588. The maximum atomic E-state index is 12.7. The highest BCUT2D eigenvalue weighted by atomic mass is 32.2. The van der Waals surface area contributed by atoms with Gasteiger partial charge in [0.1, 0.15) is 0 Å². The number of nitrogen functional groups attached to an aromatic ring is 1. The van der Waals surface area contributed by atoms with Crippen molar-refractivity contribution in [2.45, 2.75) is 16.7 Å². The lowest BCUT2D eigenvalue weighted by atomic mass is 10.1. The number of rotatable bonds is 5. The number of hydrogen-bond acceptors (Lipinski definition) is 8. The van der Waals surface area contributed by atoms with Crippen LogP contribution < -0.4 is 11.1 Å². The number of aromatic nitrogens is 2. The highest BCUT2D eigenvalue weighted by Gasteiger charge is 2.18. The Morgan fingerprint density at radius 1 is 0.839 bits per heavy atom. The van der Waals surface area contributed by atoms with Crippen LogP contribution in [0.15, 0.2) is 58.3 Å². The first-order valence-corrected chi connectivity index (χ1v) is 12.7. The summed E-state index contributed by atoms with van der Waals surface area (Å²) in [6.45, 7) is 1.68. The standard InChI is InChI=1S/C20H20N4O5S2/c1-12-17(13-4-8-15(9-5-13)30(2,26)27)24-18(19(21)22-12)20(25)23-14-6-10-16(11-7-14)31(3,28)29/h4-11H,1-3H3,(H2,21,22)(H,23,25). The minimum absolute atomic E-state index is 0.0701. The Bertz CT molecular complexity index is 1370. The third-order valence-corrected chi connectivity index (χ3v) is 6.67. The SMILES string of the molecule is Cc1nc(N)c(C(=O)Nc2ccc(S(C)(=O)=O)cc2)nc1-c1ccc(S(C)(=O)=O)cc1. The lowest BCUT2D eigenvalue weighted by molar-refractivity contribution is 0.102. The van der Waals surface area contributed by atoms with Gasteiger partial charge in [-0.15, -0.1) is 0 Å². The molecule has 9 nitrogen and oxygen atoms in total. The topological polar surface area (TPSA) is 149 Å². The van der Waals surface area contributed by atoms with Gasteiger partial charge < -0.3 is 11.1 Å². The Morgan fingerprint density at radius 3 is 1.81 bits per heavy atom. The number of carbonyl (C=O) groups is 1. The van der Waals surface area contributed by atoms with Crippen LogP contribution in [0.5, 0.6) is 0 Å². The third-order valence-electron chi connectivity index (χ3n) is 4.41. The molecule has 3 rings (SSSR count). The molecule has 0 aliphatic rings. The lowest BCUT2D eigenvalue weighted by Gasteiger charge is -2.11. The summed E-state index contributed by atoms with van der Waals surface area (Å²) in [5.74, 6) is -0.689. The number of carbonyl (C=O) groups excluding carboxylic acids is 1. The maximum Gasteiger partial charge on any atom is 0.278 e. The predicted molar refractivity (Wildman–Crippen MR) is 117 cm³/mol. The van der Waals surface area contributed by atoms with Crippen LogP contribution in [0.4, 0.5) is 11.5 Å². The molecule has 0 aliphatic heterocycles. The molecule has 0 saturated carbocycles. The number of nitrogens with zero attached hydrogens (tertiary/aromatic N) is 2. The molecule has 0 bridgehead atoms. The molecule has 3 N–H and O–H groups in total. The number of aryl methyl sites for hydroxylation is 1. The number of hydrogen-bond donors (Lipinski definition) is 2. The average molecular weight is 461 g/mol. The van der Waals surface area contributed by atoms with Gasteiger partial charge in [-0.25, -0.2) is 26.8 Å². The molecule has 1 heterocycles. The Kier molecular flexibility index (Phi) is 5.83. The molecule has 0 aliphatic carbocycles. The third kappa shape index (κ3) is 5.06. The number of nitrogens with two attached hydrogens (primary N) is 1. The van der Waals surface area contributed by atoms with Crippen LogP contribution >= 0.6 is 0 Å². The summed E-state index contributed by atoms with van der Waals surface area (Å²) in [5, 5.41) is 2.61. The Labute approximate surface area is 180 Å². The van der Waals surface area contributed by atoms with Crippen LogP contribution in [-0.4, -0.2) is 45.2 Å². The van der Waals surface area contributed by atoms with E-state index in [2.05, 4.69) is 15.3 Å². The minimum Gasteiger partial charge on any atom is -0.382 e. The van der Waals surface area contributed by atoms with Crippen molar-refractivity contribution in [2.75, 3.05) is 23.6 Å². The van der Waals surface area contributed by atoms with Gasteiger partial charge in [0.05, 0.1) is 21.2 Å². The van der Waals surface area contributed by atoms with Crippen LogP contribution in [0.2, 0.25) is 0 Å². The van der Waals surface area contributed by atoms with E-state index in [1.807, 2.05) is 0 Å². The summed E-state index contributed by atoms with van der Waals surface area (Å²) < 4.78 is 46.4. The van der Waals surface area contributed by atoms with E-state index in [0.717, 1.165) is 12.5 Å². The number of benzene rings is 2.